The summed E-state index contributed by atoms with van der Waals surface area (Å²) in [6.07, 6.45) is 5.87. The number of aryl methyl sites for hydroxylation is 2. The Balaban J connectivity index is 1.73. The summed E-state index contributed by atoms with van der Waals surface area (Å²) < 4.78 is 35.9. The molecular weight excluding hydrogens is 572 g/mol. The van der Waals surface area contributed by atoms with Gasteiger partial charge < -0.3 is 4.74 Å². The van der Waals surface area contributed by atoms with E-state index in [1.807, 2.05) is 67.6 Å². The average molecular weight is 615 g/mol. The lowest BCUT2D eigenvalue weighted by Gasteiger charge is -2.26. The summed E-state index contributed by atoms with van der Waals surface area (Å²) in [5.74, 6) is -0.265. The average Bonchev–Trinajstić information content (AvgIpc) is 3.30. The van der Waals surface area contributed by atoms with Crippen LogP contribution in [-0.2, 0) is 32.5 Å². The molecule has 1 aliphatic heterocycles. The van der Waals surface area contributed by atoms with E-state index in [1.165, 1.54) is 8.87 Å². The maximum atomic E-state index is 14.4. The Morgan fingerprint density at radius 2 is 1.45 bits per heavy atom. The summed E-state index contributed by atoms with van der Waals surface area (Å²) in [5, 5.41) is 0.809. The summed E-state index contributed by atoms with van der Waals surface area (Å²) in [5.41, 5.74) is 3.96. The van der Waals surface area contributed by atoms with Crippen molar-refractivity contribution in [2.24, 2.45) is 0 Å². The highest BCUT2D eigenvalue weighted by Gasteiger charge is 2.30. The van der Waals surface area contributed by atoms with Crippen molar-refractivity contribution in [1.29, 1.82) is 0 Å². The van der Waals surface area contributed by atoms with Crippen LogP contribution in [0, 0.1) is 6.92 Å². The first kappa shape index (κ1) is 31.5. The van der Waals surface area contributed by atoms with Crippen LogP contribution in [0.4, 0.5) is 4.79 Å². The first-order valence-corrected chi connectivity index (χ1v) is 17.0. The van der Waals surface area contributed by atoms with Crippen molar-refractivity contribution in [3.8, 4) is 11.3 Å². The van der Waals surface area contributed by atoms with E-state index < -0.39 is 21.7 Å². The number of carbonyl (C=O) groups is 2. The second kappa shape index (κ2) is 13.0. The fourth-order valence-electron chi connectivity index (χ4n) is 5.85. The number of hydrogen-bond acceptors (Lipinski definition) is 5. The minimum atomic E-state index is -3.98. The van der Waals surface area contributed by atoms with E-state index in [-0.39, 0.29) is 23.8 Å². The minimum absolute atomic E-state index is 0.0414. The molecule has 44 heavy (non-hydrogen) atoms. The summed E-state index contributed by atoms with van der Waals surface area (Å²) in [7, 11) is -3.98. The van der Waals surface area contributed by atoms with Gasteiger partial charge >= 0.3 is 6.09 Å². The van der Waals surface area contributed by atoms with Gasteiger partial charge in [0.1, 0.15) is 5.60 Å². The van der Waals surface area contributed by atoms with Crippen LogP contribution < -0.4 is 0 Å². The number of fused-ring (bicyclic) bond motifs is 1. The highest BCUT2D eigenvalue weighted by Crippen LogP contribution is 2.39. The standard InChI is InChI=1S/C36H42N2O5S/c1-26-18-21-29(22-19-26)44(41,42)38-32-23-20-27-24-31(32)30(34(38)28-14-10-9-11-15-28)16-12-7-5-6-8-13-17-33(39)37(25-27)35(40)43-36(2,3)4/h9-11,14-15,18-24H,5-8,12-13,16-17,25H2,1-4H3. The van der Waals surface area contributed by atoms with Crippen molar-refractivity contribution < 1.29 is 22.7 Å². The number of imide groups is 1. The van der Waals surface area contributed by atoms with Gasteiger partial charge in [0, 0.05) is 11.8 Å². The van der Waals surface area contributed by atoms with Crippen LogP contribution in [0.5, 0.6) is 0 Å². The van der Waals surface area contributed by atoms with Gasteiger partial charge in [-0.25, -0.2) is 22.1 Å². The second-order valence-electron chi connectivity index (χ2n) is 12.7. The summed E-state index contributed by atoms with van der Waals surface area (Å²) in [6, 6.07) is 22.2. The third-order valence-electron chi connectivity index (χ3n) is 8.02. The zero-order valence-corrected chi connectivity index (χ0v) is 27.0. The molecular formula is C36H42N2O5S. The van der Waals surface area contributed by atoms with Crippen molar-refractivity contribution in [2.75, 3.05) is 0 Å². The number of hydrogen-bond donors (Lipinski definition) is 0. The number of carbonyl (C=O) groups excluding carboxylic acids is 2. The molecule has 232 valence electrons. The van der Waals surface area contributed by atoms with E-state index in [9.17, 15) is 18.0 Å². The van der Waals surface area contributed by atoms with Crippen molar-refractivity contribution in [2.45, 2.75) is 96.1 Å². The number of amides is 2. The molecule has 5 rings (SSSR count). The van der Waals surface area contributed by atoms with Gasteiger partial charge in [-0.05, 0) is 87.9 Å². The molecule has 0 aliphatic carbocycles. The van der Waals surface area contributed by atoms with Gasteiger partial charge in [-0.1, -0.05) is 79.8 Å². The summed E-state index contributed by atoms with van der Waals surface area (Å²) in [6.45, 7) is 7.32. The van der Waals surface area contributed by atoms with Crippen LogP contribution in [0.1, 0.15) is 82.4 Å². The van der Waals surface area contributed by atoms with Crippen molar-refractivity contribution in [3.05, 3.63) is 89.5 Å². The maximum Gasteiger partial charge on any atom is 0.417 e. The first-order chi connectivity index (χ1) is 21.0. The highest BCUT2D eigenvalue weighted by atomic mass is 32.2. The van der Waals surface area contributed by atoms with Gasteiger partial charge in [-0.2, -0.15) is 0 Å². The van der Waals surface area contributed by atoms with E-state index in [4.69, 9.17) is 4.74 Å². The smallest absolute Gasteiger partial charge is 0.417 e. The maximum absolute atomic E-state index is 14.4. The number of rotatable bonds is 3. The Kier molecular flexibility index (Phi) is 9.30. The lowest BCUT2D eigenvalue weighted by atomic mass is 9.98. The lowest BCUT2D eigenvalue weighted by Crippen LogP contribution is -2.40. The molecule has 0 spiro atoms. The molecule has 0 N–H and O–H groups in total. The van der Waals surface area contributed by atoms with E-state index in [2.05, 4.69) is 0 Å². The van der Waals surface area contributed by atoms with Gasteiger partial charge in [-0.3, -0.25) is 4.79 Å². The van der Waals surface area contributed by atoms with Crippen molar-refractivity contribution in [3.63, 3.8) is 0 Å². The van der Waals surface area contributed by atoms with Crippen LogP contribution in [0.15, 0.2) is 77.7 Å². The Morgan fingerprint density at radius 3 is 2.11 bits per heavy atom. The second-order valence-corrected chi connectivity index (χ2v) is 14.5. The Labute approximate surface area is 260 Å². The monoisotopic (exact) mass is 614 g/mol. The fraction of sp³-hybridized carbons (Fsp3) is 0.389. The first-order valence-electron chi connectivity index (χ1n) is 15.5. The van der Waals surface area contributed by atoms with Crippen LogP contribution in [0.3, 0.4) is 0 Å². The fourth-order valence-corrected chi connectivity index (χ4v) is 7.42. The molecule has 7 nitrogen and oxygen atoms in total. The molecule has 4 aromatic rings. The van der Waals surface area contributed by atoms with E-state index in [0.717, 1.165) is 66.2 Å². The van der Waals surface area contributed by atoms with Gasteiger partial charge in [-0.15, -0.1) is 0 Å². The molecule has 2 amide bonds. The third kappa shape index (κ3) is 6.91. The zero-order valence-electron chi connectivity index (χ0n) is 26.1. The number of nitrogens with zero attached hydrogens (tertiary/aromatic N) is 2. The van der Waals surface area contributed by atoms with Crippen LogP contribution in [0.2, 0.25) is 0 Å². The molecule has 0 unspecified atom stereocenters. The van der Waals surface area contributed by atoms with Gasteiger partial charge in [0.05, 0.1) is 22.7 Å². The van der Waals surface area contributed by atoms with Crippen LogP contribution in [0.25, 0.3) is 22.2 Å². The normalized spacial score (nSPS) is 15.6. The number of aromatic nitrogens is 1. The van der Waals surface area contributed by atoms with E-state index in [1.54, 1.807) is 32.9 Å². The zero-order chi connectivity index (χ0) is 31.5. The third-order valence-corrected chi connectivity index (χ3v) is 9.75. The topological polar surface area (TPSA) is 85.7 Å². The quantitative estimate of drug-likeness (QED) is 0.231. The Hall–Kier alpha value is -3.91. The molecule has 8 heteroatoms. The van der Waals surface area contributed by atoms with Crippen molar-refractivity contribution >= 4 is 32.9 Å². The molecule has 0 radical (unpaired) electrons. The molecule has 3 aromatic carbocycles. The van der Waals surface area contributed by atoms with Gasteiger partial charge in [0.25, 0.3) is 10.0 Å². The molecule has 0 saturated carbocycles. The SMILES string of the molecule is Cc1ccc(S(=O)(=O)n2c(-c3ccccc3)c3c4cc(ccc42)CN(C(=O)OC(C)(C)C)C(=O)CCCCCCCC3)cc1. The molecule has 0 fully saturated rings. The van der Waals surface area contributed by atoms with E-state index in [0.29, 0.717) is 17.6 Å². The predicted octanol–water partition coefficient (Wildman–Crippen LogP) is 8.40. The largest absolute Gasteiger partial charge is 0.443 e. The minimum Gasteiger partial charge on any atom is -0.443 e. The number of benzene rings is 3. The van der Waals surface area contributed by atoms with Gasteiger partial charge in [0.2, 0.25) is 5.91 Å². The summed E-state index contributed by atoms with van der Waals surface area (Å²) in [4.78, 5) is 28.0. The molecule has 1 aliphatic rings. The van der Waals surface area contributed by atoms with Crippen molar-refractivity contribution in [1.82, 2.24) is 8.87 Å². The Morgan fingerprint density at radius 1 is 0.818 bits per heavy atom. The molecule has 0 saturated heterocycles. The molecule has 2 bridgehead atoms. The molecule has 0 atom stereocenters. The highest BCUT2D eigenvalue weighted by molar-refractivity contribution is 7.90. The van der Waals surface area contributed by atoms with E-state index >= 15 is 0 Å². The molecule has 1 aromatic heterocycles. The van der Waals surface area contributed by atoms with Crippen LogP contribution >= 0.6 is 0 Å². The summed E-state index contributed by atoms with van der Waals surface area (Å²) >= 11 is 0. The predicted molar refractivity (Wildman–Crippen MR) is 174 cm³/mol. The Bertz CT molecular complexity index is 1750. The number of ether oxygens (including phenoxy) is 1. The van der Waals surface area contributed by atoms with Gasteiger partial charge in [0.15, 0.2) is 0 Å². The van der Waals surface area contributed by atoms with Crippen LogP contribution in [-0.4, -0.2) is 34.9 Å². The molecule has 2 heterocycles. The lowest BCUT2D eigenvalue weighted by molar-refractivity contribution is -0.131.